The number of H-pyrrole nitrogens is 1. The van der Waals surface area contributed by atoms with E-state index in [1.165, 1.54) is 22.9 Å². The van der Waals surface area contributed by atoms with Gasteiger partial charge in [-0.3, -0.25) is 4.79 Å². The minimum atomic E-state index is -3.95. The van der Waals surface area contributed by atoms with Crippen molar-refractivity contribution in [1.29, 1.82) is 0 Å². The second-order valence-electron chi connectivity index (χ2n) is 6.43. The molecule has 0 saturated heterocycles. The number of nitrogens with two attached hydrogens (primary N) is 1. The predicted molar refractivity (Wildman–Crippen MR) is 109 cm³/mol. The molecule has 0 aliphatic carbocycles. The van der Waals surface area contributed by atoms with Crippen LogP contribution in [0.5, 0.6) is 5.75 Å². The van der Waals surface area contributed by atoms with Gasteiger partial charge in [0.05, 0.1) is 18.2 Å². The van der Waals surface area contributed by atoms with E-state index in [0.717, 1.165) is 5.56 Å². The molecule has 0 saturated carbocycles. The third-order valence-electron chi connectivity index (χ3n) is 4.69. The average molecular weight is 410 g/mol. The number of nitrogens with zero attached hydrogens (tertiary/aromatic N) is 2. The van der Waals surface area contributed by atoms with Crippen molar-refractivity contribution in [2.75, 3.05) is 12.8 Å². The minimum absolute atomic E-state index is 0.0156. The monoisotopic (exact) mass is 410 g/mol. The van der Waals surface area contributed by atoms with Crippen molar-refractivity contribution in [3.8, 4) is 5.75 Å². The van der Waals surface area contributed by atoms with Crippen LogP contribution in [0.4, 0.5) is 5.82 Å². The number of ether oxygens (including phenoxy) is 1. The lowest BCUT2D eigenvalue weighted by atomic mass is 10.2. The summed E-state index contributed by atoms with van der Waals surface area (Å²) in [5.74, 6) is 0.673. The summed E-state index contributed by atoms with van der Waals surface area (Å²) in [5.41, 5.74) is 6.76. The number of anilines is 1. The fraction of sp³-hybridized carbons (Fsp3) is 0.100. The van der Waals surface area contributed by atoms with Gasteiger partial charge in [0.2, 0.25) is 9.84 Å². The van der Waals surface area contributed by atoms with Crippen molar-refractivity contribution in [3.05, 3.63) is 76.7 Å². The van der Waals surface area contributed by atoms with Gasteiger partial charge in [-0.15, -0.1) is 0 Å². The molecule has 4 rings (SSSR count). The maximum absolute atomic E-state index is 13.3. The van der Waals surface area contributed by atoms with Crippen LogP contribution in [-0.2, 0) is 16.4 Å². The molecule has 0 spiro atoms. The molecule has 0 fully saturated rings. The van der Waals surface area contributed by atoms with Crippen molar-refractivity contribution in [1.82, 2.24) is 14.8 Å². The van der Waals surface area contributed by atoms with Gasteiger partial charge in [0, 0.05) is 11.9 Å². The number of sulfone groups is 1. The van der Waals surface area contributed by atoms with Gasteiger partial charge in [0.15, 0.2) is 0 Å². The van der Waals surface area contributed by atoms with Gasteiger partial charge in [-0.1, -0.05) is 30.3 Å². The second-order valence-corrected chi connectivity index (χ2v) is 8.31. The molecule has 0 atom stereocenters. The fourth-order valence-electron chi connectivity index (χ4n) is 3.28. The Bertz CT molecular complexity index is 1340. The highest BCUT2D eigenvalue weighted by molar-refractivity contribution is 7.92. The van der Waals surface area contributed by atoms with Crippen LogP contribution in [0.1, 0.15) is 5.56 Å². The summed E-state index contributed by atoms with van der Waals surface area (Å²) in [5, 5.41) is 6.31. The zero-order valence-electron chi connectivity index (χ0n) is 15.5. The van der Waals surface area contributed by atoms with E-state index in [-0.39, 0.29) is 33.1 Å². The summed E-state index contributed by atoms with van der Waals surface area (Å²) in [6, 6.07) is 15.2. The molecule has 4 aromatic rings. The van der Waals surface area contributed by atoms with E-state index < -0.39 is 15.4 Å². The molecule has 0 unspecified atom stereocenters. The van der Waals surface area contributed by atoms with E-state index in [1.54, 1.807) is 37.4 Å². The average Bonchev–Trinajstić information content (AvgIpc) is 3.02. The Hall–Kier alpha value is -3.59. The van der Waals surface area contributed by atoms with Gasteiger partial charge in [-0.25, -0.2) is 13.5 Å². The minimum Gasteiger partial charge on any atom is -0.497 e. The number of rotatable bonds is 5. The quantitative estimate of drug-likeness (QED) is 0.520. The smallest absolute Gasteiger partial charge is 0.288 e. The van der Waals surface area contributed by atoms with Gasteiger partial charge in [0.1, 0.15) is 22.0 Å². The summed E-state index contributed by atoms with van der Waals surface area (Å²) in [4.78, 5) is 12.5. The van der Waals surface area contributed by atoms with Crippen LogP contribution in [0.2, 0.25) is 0 Å². The molecule has 8 nitrogen and oxygen atoms in total. The topological polar surface area (TPSA) is 120 Å². The third-order valence-corrected chi connectivity index (χ3v) is 6.55. The number of fused-ring (bicyclic) bond motifs is 1. The molecule has 9 heteroatoms. The first-order valence-electron chi connectivity index (χ1n) is 8.72. The van der Waals surface area contributed by atoms with Gasteiger partial charge in [-0.2, -0.15) is 5.10 Å². The lowest BCUT2D eigenvalue weighted by Crippen LogP contribution is -2.14. The van der Waals surface area contributed by atoms with E-state index in [0.29, 0.717) is 5.75 Å². The predicted octanol–water partition coefficient (Wildman–Crippen LogP) is 2.20. The Morgan fingerprint density at radius 1 is 1.10 bits per heavy atom. The first-order chi connectivity index (χ1) is 13.9. The summed E-state index contributed by atoms with van der Waals surface area (Å²) in [6.45, 7) is 0.212. The number of nitrogen functional groups attached to an aromatic ring is 1. The van der Waals surface area contributed by atoms with Crippen LogP contribution in [0.25, 0.3) is 10.9 Å². The maximum atomic E-state index is 13.3. The molecule has 3 N–H and O–H groups in total. The second kappa shape index (κ2) is 7.10. The first-order valence-corrected chi connectivity index (χ1v) is 10.2. The first kappa shape index (κ1) is 18.8. The molecule has 0 amide bonds. The summed E-state index contributed by atoms with van der Waals surface area (Å²) in [6.07, 6.45) is 1.31. The maximum Gasteiger partial charge on any atom is 0.288 e. The number of aromatic nitrogens is 3. The van der Waals surface area contributed by atoms with Crippen LogP contribution in [-0.4, -0.2) is 30.3 Å². The third kappa shape index (κ3) is 3.15. The van der Waals surface area contributed by atoms with Crippen LogP contribution in [0.3, 0.4) is 0 Å². The number of hydrogen-bond acceptors (Lipinski definition) is 6. The van der Waals surface area contributed by atoms with E-state index in [2.05, 4.69) is 10.2 Å². The van der Waals surface area contributed by atoms with Crippen LogP contribution in [0, 0.1) is 0 Å². The van der Waals surface area contributed by atoms with Crippen LogP contribution < -0.4 is 16.0 Å². The Morgan fingerprint density at radius 2 is 1.79 bits per heavy atom. The summed E-state index contributed by atoms with van der Waals surface area (Å²) in [7, 11) is -2.38. The lowest BCUT2D eigenvalue weighted by molar-refractivity contribution is 0.414. The highest BCUT2D eigenvalue weighted by Gasteiger charge is 2.29. The molecule has 148 valence electrons. The molecular weight excluding hydrogens is 392 g/mol. The highest BCUT2D eigenvalue weighted by atomic mass is 32.2. The van der Waals surface area contributed by atoms with Crippen molar-refractivity contribution in [2.24, 2.45) is 0 Å². The highest BCUT2D eigenvalue weighted by Crippen LogP contribution is 2.34. The van der Waals surface area contributed by atoms with Crippen LogP contribution in [0.15, 0.2) is 75.4 Å². The van der Waals surface area contributed by atoms with E-state index in [1.807, 2.05) is 12.1 Å². The number of methoxy groups -OCH3 is 1. The van der Waals surface area contributed by atoms with E-state index >= 15 is 0 Å². The molecule has 2 aromatic heterocycles. The van der Waals surface area contributed by atoms with Crippen molar-refractivity contribution in [3.63, 3.8) is 0 Å². The zero-order valence-corrected chi connectivity index (χ0v) is 16.3. The summed E-state index contributed by atoms with van der Waals surface area (Å²) >= 11 is 0. The lowest BCUT2D eigenvalue weighted by Gasteiger charge is -2.09. The van der Waals surface area contributed by atoms with Gasteiger partial charge >= 0.3 is 0 Å². The Labute approximate surface area is 166 Å². The van der Waals surface area contributed by atoms with Crippen LogP contribution >= 0.6 is 0 Å². The Balaban J connectivity index is 1.95. The molecule has 0 aliphatic heterocycles. The number of aromatic amines is 1. The molecule has 2 aromatic carbocycles. The molecule has 0 aliphatic rings. The summed E-state index contributed by atoms with van der Waals surface area (Å²) < 4.78 is 33.2. The zero-order chi connectivity index (χ0) is 20.6. The number of benzene rings is 2. The van der Waals surface area contributed by atoms with Gasteiger partial charge in [0.25, 0.3) is 5.56 Å². The van der Waals surface area contributed by atoms with Gasteiger partial charge in [-0.05, 0) is 29.8 Å². The Morgan fingerprint density at radius 3 is 2.45 bits per heavy atom. The van der Waals surface area contributed by atoms with Crippen molar-refractivity contribution < 1.29 is 13.2 Å². The fourth-order valence-corrected chi connectivity index (χ4v) is 4.86. The Kier molecular flexibility index (Phi) is 4.59. The van der Waals surface area contributed by atoms with E-state index in [4.69, 9.17) is 10.5 Å². The standard InChI is InChI=1S/C20H18N4O4S/c1-28-14-9-7-13(8-10-14)12-24-17-16(11-22-23-20(17)25)18(19(24)21)29(26,27)15-5-3-2-4-6-15/h2-11H,12,21H2,1H3,(H,23,25). The van der Waals surface area contributed by atoms with Crippen molar-refractivity contribution in [2.45, 2.75) is 16.3 Å². The van der Waals surface area contributed by atoms with Crippen molar-refractivity contribution >= 4 is 26.6 Å². The van der Waals surface area contributed by atoms with Gasteiger partial charge < -0.3 is 15.0 Å². The molecule has 0 radical (unpaired) electrons. The molecule has 2 heterocycles. The number of hydrogen-bond donors (Lipinski definition) is 2. The number of nitrogens with one attached hydrogen (secondary N) is 1. The largest absolute Gasteiger partial charge is 0.497 e. The normalized spacial score (nSPS) is 11.6. The molecule has 29 heavy (non-hydrogen) atoms. The van der Waals surface area contributed by atoms with E-state index in [9.17, 15) is 13.2 Å². The molecular formula is C20H18N4O4S. The SMILES string of the molecule is COc1ccc(Cn2c(N)c(S(=O)(=O)c3ccccc3)c3cn[nH]c(=O)c32)cc1. The molecule has 0 bridgehead atoms.